The van der Waals surface area contributed by atoms with Gasteiger partial charge < -0.3 is 10.4 Å². The fraction of sp³-hybridized carbons (Fsp3) is 0.355. The van der Waals surface area contributed by atoms with Crippen molar-refractivity contribution in [1.82, 2.24) is 5.32 Å². The molecular formula is C31H35N2O3+. The van der Waals surface area contributed by atoms with E-state index in [4.69, 9.17) is 0 Å². The van der Waals surface area contributed by atoms with Gasteiger partial charge in [0, 0.05) is 25.3 Å². The number of likely N-dealkylation sites (tertiary alicyclic amines) is 1. The number of nitrogens with zero attached hydrogens (tertiary/aromatic N) is 1. The highest BCUT2D eigenvalue weighted by Crippen LogP contribution is 2.41. The number of aliphatic carboxylic acids is 1. The van der Waals surface area contributed by atoms with Crippen LogP contribution in [0.3, 0.4) is 0 Å². The molecule has 1 unspecified atom stereocenters. The molecule has 2 aliphatic rings. The number of carboxylic acids is 1. The van der Waals surface area contributed by atoms with Crippen LogP contribution in [-0.4, -0.2) is 53.2 Å². The van der Waals surface area contributed by atoms with Gasteiger partial charge in [0.25, 0.3) is 0 Å². The molecule has 2 heterocycles. The van der Waals surface area contributed by atoms with Crippen LogP contribution >= 0.6 is 0 Å². The predicted octanol–water partition coefficient (Wildman–Crippen LogP) is 4.94. The summed E-state index contributed by atoms with van der Waals surface area (Å²) in [6, 6.07) is 30.0. The number of benzene rings is 3. The van der Waals surface area contributed by atoms with E-state index in [1.165, 1.54) is 5.56 Å². The highest BCUT2D eigenvalue weighted by atomic mass is 16.4. The normalized spacial score (nSPS) is 26.4. The minimum Gasteiger partial charge on any atom is -0.480 e. The first kappa shape index (κ1) is 24.4. The van der Waals surface area contributed by atoms with E-state index in [9.17, 15) is 14.7 Å². The zero-order valence-corrected chi connectivity index (χ0v) is 20.6. The lowest BCUT2D eigenvalue weighted by molar-refractivity contribution is -0.887. The van der Waals surface area contributed by atoms with E-state index in [-0.39, 0.29) is 23.8 Å². The van der Waals surface area contributed by atoms with Gasteiger partial charge in [0.2, 0.25) is 0 Å². The Balaban J connectivity index is 1.60. The van der Waals surface area contributed by atoms with Gasteiger partial charge in [-0.15, -0.1) is 0 Å². The Bertz CT molecular complexity index is 1130. The molecule has 3 aromatic rings. The zero-order valence-electron chi connectivity index (χ0n) is 20.6. The molecule has 0 bridgehead atoms. The van der Waals surface area contributed by atoms with E-state index >= 15 is 0 Å². The van der Waals surface area contributed by atoms with Crippen LogP contribution in [0.4, 0.5) is 0 Å². The van der Waals surface area contributed by atoms with Gasteiger partial charge in [0.1, 0.15) is 12.0 Å². The van der Waals surface area contributed by atoms with Crippen LogP contribution in [0.2, 0.25) is 0 Å². The van der Waals surface area contributed by atoms with Crippen molar-refractivity contribution in [2.24, 2.45) is 0 Å². The summed E-state index contributed by atoms with van der Waals surface area (Å²) in [6.45, 7) is 2.09. The monoisotopic (exact) mass is 483 g/mol. The van der Waals surface area contributed by atoms with Crippen LogP contribution in [0, 0.1) is 0 Å². The number of carbonyl (C=O) groups excluding carboxylic acids is 1. The molecule has 2 saturated heterocycles. The molecule has 0 aliphatic carbocycles. The molecular weight excluding hydrogens is 448 g/mol. The summed E-state index contributed by atoms with van der Waals surface area (Å²) in [5, 5.41) is 13.0. The molecule has 2 fully saturated rings. The maximum absolute atomic E-state index is 15.0. The fourth-order valence-corrected chi connectivity index (χ4v) is 6.46. The highest BCUT2D eigenvalue weighted by molar-refractivity contribution is 5.82. The number of rotatable bonds is 6. The third-order valence-electron chi connectivity index (χ3n) is 8.25. The predicted molar refractivity (Wildman–Crippen MR) is 141 cm³/mol. The Morgan fingerprint density at radius 1 is 0.833 bits per heavy atom. The van der Waals surface area contributed by atoms with Gasteiger partial charge in [0.05, 0.1) is 19.1 Å². The molecule has 5 rings (SSSR count). The Morgan fingerprint density at radius 3 is 2.00 bits per heavy atom. The zero-order chi connectivity index (χ0) is 25.0. The second kappa shape index (κ2) is 10.8. The molecule has 0 saturated carbocycles. The van der Waals surface area contributed by atoms with Crippen molar-refractivity contribution < 1.29 is 19.2 Å². The van der Waals surface area contributed by atoms with E-state index < -0.39 is 12.0 Å². The Kier molecular flexibility index (Phi) is 7.30. The molecule has 3 aromatic carbocycles. The number of quaternary nitrogens is 1. The quantitative estimate of drug-likeness (QED) is 0.487. The summed E-state index contributed by atoms with van der Waals surface area (Å²) in [7, 11) is 0. The van der Waals surface area contributed by atoms with E-state index in [1.807, 2.05) is 66.7 Å². The molecule has 2 aliphatic heterocycles. The average Bonchev–Trinajstić information content (AvgIpc) is 2.95. The maximum Gasteiger partial charge on any atom is 0.325 e. The molecule has 4 atom stereocenters. The number of hydrogen-bond acceptors (Lipinski definition) is 3. The number of carbonyl (C=O) groups is 2. The van der Waals surface area contributed by atoms with Crippen molar-refractivity contribution in [3.8, 4) is 0 Å². The number of nitrogens with one attached hydrogen (secondary N) is 1. The summed E-state index contributed by atoms with van der Waals surface area (Å²) in [6.07, 6.45) is 3.27. The van der Waals surface area contributed by atoms with Crippen LogP contribution in [0.25, 0.3) is 0 Å². The maximum atomic E-state index is 15.0. The first-order valence-corrected chi connectivity index (χ1v) is 13.1. The third kappa shape index (κ3) is 4.86. The first-order valence-electron chi connectivity index (χ1n) is 13.1. The van der Waals surface area contributed by atoms with Gasteiger partial charge in [-0.25, -0.2) is 4.79 Å². The van der Waals surface area contributed by atoms with E-state index in [0.29, 0.717) is 17.4 Å². The van der Waals surface area contributed by atoms with Crippen molar-refractivity contribution in [3.05, 3.63) is 108 Å². The summed E-state index contributed by atoms with van der Waals surface area (Å²) in [4.78, 5) is 26.9. The second-order valence-electron chi connectivity index (χ2n) is 10.3. The average molecular weight is 484 g/mol. The largest absolute Gasteiger partial charge is 0.480 e. The Hall–Kier alpha value is -3.28. The van der Waals surface area contributed by atoms with Crippen molar-refractivity contribution in [3.63, 3.8) is 0 Å². The minimum atomic E-state index is -0.829. The molecule has 0 aromatic heterocycles. The minimum absolute atomic E-state index is 0.0266. The third-order valence-corrected chi connectivity index (χ3v) is 8.25. The number of hydrogen-bond donors (Lipinski definition) is 2. The summed E-state index contributed by atoms with van der Waals surface area (Å²) in [5.74, 6) is -0.747. The summed E-state index contributed by atoms with van der Waals surface area (Å²) >= 11 is 0. The molecule has 5 heteroatoms. The highest BCUT2D eigenvalue weighted by Gasteiger charge is 2.52. The van der Waals surface area contributed by atoms with Gasteiger partial charge in [-0.1, -0.05) is 91.0 Å². The Labute approximate surface area is 213 Å². The first-order chi connectivity index (χ1) is 17.6. The lowest BCUT2D eigenvalue weighted by Crippen LogP contribution is -2.67. The van der Waals surface area contributed by atoms with Gasteiger partial charge in [0.15, 0.2) is 0 Å². The fourth-order valence-electron chi connectivity index (χ4n) is 6.46. The van der Waals surface area contributed by atoms with Crippen LogP contribution in [0.5, 0.6) is 0 Å². The van der Waals surface area contributed by atoms with E-state index in [0.717, 1.165) is 43.5 Å². The standard InChI is InChI=1S/C31H34N2O3/c34-30(29(24-13-6-2-7-14-24)25-15-8-3-9-16-25)33(27-18-19-32-28(21-27)31(35)36)20-10-17-26(22-33)23-11-4-1-5-12-23/h1-9,11-16,26-29,32H,10,17-22H2/p+1/t26-,27+,28-,33?/m0/s1. The van der Waals surface area contributed by atoms with Crippen LogP contribution in [0.1, 0.15) is 54.2 Å². The molecule has 1 amide bonds. The van der Waals surface area contributed by atoms with E-state index in [1.54, 1.807) is 0 Å². The van der Waals surface area contributed by atoms with Gasteiger partial charge in [-0.05, 0) is 29.5 Å². The van der Waals surface area contributed by atoms with Crippen molar-refractivity contribution in [2.45, 2.75) is 49.6 Å². The molecule has 5 nitrogen and oxygen atoms in total. The second-order valence-corrected chi connectivity index (χ2v) is 10.3. The van der Waals surface area contributed by atoms with Crippen molar-refractivity contribution >= 4 is 11.9 Å². The number of carboxylic acid groups (broad SMARTS) is 1. The van der Waals surface area contributed by atoms with Crippen molar-refractivity contribution in [1.29, 1.82) is 0 Å². The smallest absolute Gasteiger partial charge is 0.325 e. The Morgan fingerprint density at radius 2 is 1.42 bits per heavy atom. The summed E-state index contributed by atoms with van der Waals surface area (Å²) in [5.41, 5.74) is 3.26. The van der Waals surface area contributed by atoms with Gasteiger partial charge >= 0.3 is 11.9 Å². The summed E-state index contributed by atoms with van der Waals surface area (Å²) < 4.78 is 0.347. The molecule has 2 N–H and O–H groups in total. The molecule has 0 spiro atoms. The molecule has 0 radical (unpaired) electrons. The molecule has 186 valence electrons. The lowest BCUT2D eigenvalue weighted by Gasteiger charge is -2.50. The number of piperidine rings is 2. The lowest BCUT2D eigenvalue weighted by atomic mass is 9.81. The van der Waals surface area contributed by atoms with Crippen LogP contribution < -0.4 is 5.32 Å². The van der Waals surface area contributed by atoms with Crippen molar-refractivity contribution in [2.75, 3.05) is 19.6 Å². The van der Waals surface area contributed by atoms with Crippen LogP contribution in [-0.2, 0) is 9.59 Å². The number of amides is 1. The van der Waals surface area contributed by atoms with Crippen LogP contribution in [0.15, 0.2) is 91.0 Å². The van der Waals surface area contributed by atoms with E-state index in [2.05, 4.69) is 29.6 Å². The van der Waals surface area contributed by atoms with Gasteiger partial charge in [-0.3, -0.25) is 9.28 Å². The SMILES string of the molecule is O=C(O)[C@@H]1C[C@H]([N+]2(C(=O)C(c3ccccc3)c3ccccc3)CCC[C@H](c3ccccc3)C2)CCN1. The van der Waals surface area contributed by atoms with Gasteiger partial charge in [-0.2, -0.15) is 0 Å². The molecule has 36 heavy (non-hydrogen) atoms. The topological polar surface area (TPSA) is 66.4 Å².